The lowest BCUT2D eigenvalue weighted by Crippen LogP contribution is -2.33. The van der Waals surface area contributed by atoms with E-state index in [0.717, 1.165) is 49.3 Å². The van der Waals surface area contributed by atoms with Gasteiger partial charge in [-0.05, 0) is 17.5 Å². The average molecular weight is 429 g/mol. The normalized spacial score (nSPS) is 16.5. The molecule has 1 aliphatic rings. The average Bonchev–Trinajstić information content (AvgIpc) is 2.99. The summed E-state index contributed by atoms with van der Waals surface area (Å²) in [7, 11) is -3.35. The molecule has 0 spiro atoms. The minimum atomic E-state index is -3.35. The molecule has 1 aliphatic heterocycles. The van der Waals surface area contributed by atoms with E-state index in [2.05, 4.69) is 53.6 Å². The summed E-state index contributed by atoms with van der Waals surface area (Å²) in [6, 6.07) is 9.95. The highest BCUT2D eigenvalue weighted by Crippen LogP contribution is 2.24. The third-order valence-corrected chi connectivity index (χ3v) is 6.23. The van der Waals surface area contributed by atoms with E-state index in [1.54, 1.807) is 0 Å². The number of nitrogens with zero attached hydrogens (tertiary/aromatic N) is 5. The molecule has 0 saturated carbocycles. The summed E-state index contributed by atoms with van der Waals surface area (Å²) in [5, 5.41) is 9.88. The van der Waals surface area contributed by atoms with Gasteiger partial charge in [0.05, 0.1) is 17.8 Å². The van der Waals surface area contributed by atoms with Gasteiger partial charge < -0.3 is 4.57 Å². The Bertz CT molecular complexity index is 1140. The fraction of sp³-hybridized carbons (Fsp3) is 0.476. The van der Waals surface area contributed by atoms with Crippen LogP contribution >= 0.6 is 0 Å². The first-order valence-corrected chi connectivity index (χ1v) is 12.2. The van der Waals surface area contributed by atoms with Crippen LogP contribution in [-0.2, 0) is 29.5 Å². The van der Waals surface area contributed by atoms with Crippen molar-refractivity contribution in [3.63, 3.8) is 0 Å². The van der Waals surface area contributed by atoms with Gasteiger partial charge in [-0.15, -0.1) is 10.2 Å². The molecule has 0 unspecified atom stereocenters. The van der Waals surface area contributed by atoms with Crippen molar-refractivity contribution < 1.29 is 8.42 Å². The monoisotopic (exact) mass is 428 g/mol. The van der Waals surface area contributed by atoms with Crippen LogP contribution < -0.4 is 4.72 Å². The Labute approximate surface area is 177 Å². The number of para-hydroxylation sites is 1. The third-order valence-electron chi connectivity index (χ3n) is 5.54. The molecule has 0 amide bonds. The van der Waals surface area contributed by atoms with Gasteiger partial charge in [-0.2, -0.15) is 0 Å². The molecule has 1 aromatic carbocycles. The highest BCUT2D eigenvalue weighted by molar-refractivity contribution is 7.88. The molecule has 1 N–H and O–H groups in total. The Morgan fingerprint density at radius 2 is 1.90 bits per heavy atom. The van der Waals surface area contributed by atoms with E-state index in [-0.39, 0.29) is 5.92 Å². The summed E-state index contributed by atoms with van der Waals surface area (Å²) in [4.78, 5) is 6.97. The number of sulfonamides is 1. The number of pyridine rings is 1. The van der Waals surface area contributed by atoms with Crippen LogP contribution in [0, 0.1) is 5.92 Å². The molecular formula is C21H28N6O2S. The van der Waals surface area contributed by atoms with Crippen molar-refractivity contribution in [3.8, 4) is 0 Å². The summed E-state index contributed by atoms with van der Waals surface area (Å²) in [6.07, 6.45) is 3.79. The van der Waals surface area contributed by atoms with Crippen LogP contribution in [0.4, 0.5) is 0 Å². The lowest BCUT2D eigenvalue weighted by atomic mass is 10.1. The zero-order chi connectivity index (χ0) is 21.3. The first-order chi connectivity index (χ1) is 14.3. The lowest BCUT2D eigenvalue weighted by molar-refractivity contribution is 0.269. The zero-order valence-corrected chi connectivity index (χ0v) is 18.4. The molecule has 2 aromatic heterocycles. The van der Waals surface area contributed by atoms with Crippen LogP contribution in [0.2, 0.25) is 0 Å². The molecule has 8 nitrogen and oxygen atoms in total. The molecule has 0 fully saturated rings. The van der Waals surface area contributed by atoms with E-state index in [1.807, 2.05) is 26.1 Å². The number of hydrogen-bond donors (Lipinski definition) is 1. The van der Waals surface area contributed by atoms with Crippen molar-refractivity contribution in [2.24, 2.45) is 5.92 Å². The Morgan fingerprint density at radius 1 is 1.10 bits per heavy atom. The van der Waals surface area contributed by atoms with Gasteiger partial charge in [0.2, 0.25) is 10.0 Å². The van der Waals surface area contributed by atoms with Gasteiger partial charge in [0, 0.05) is 44.2 Å². The first-order valence-electron chi connectivity index (χ1n) is 10.3. The number of benzene rings is 1. The van der Waals surface area contributed by atoms with Gasteiger partial charge >= 0.3 is 0 Å². The smallest absolute Gasteiger partial charge is 0.209 e. The summed E-state index contributed by atoms with van der Waals surface area (Å²) in [5.74, 6) is 1.66. The second-order valence-electron chi connectivity index (χ2n) is 8.26. The van der Waals surface area contributed by atoms with E-state index >= 15 is 0 Å². The molecule has 1 atom stereocenters. The Morgan fingerprint density at radius 3 is 2.67 bits per heavy atom. The van der Waals surface area contributed by atoms with Gasteiger partial charge in [-0.3, -0.25) is 9.88 Å². The minimum Gasteiger partial charge on any atom is -0.312 e. The molecule has 0 aliphatic carbocycles. The van der Waals surface area contributed by atoms with Gasteiger partial charge in [-0.25, -0.2) is 13.1 Å². The largest absolute Gasteiger partial charge is 0.312 e. The molecular weight excluding hydrogens is 400 g/mol. The van der Waals surface area contributed by atoms with E-state index in [0.29, 0.717) is 5.82 Å². The number of hydrogen-bond acceptors (Lipinski definition) is 6. The van der Waals surface area contributed by atoms with Crippen LogP contribution in [0.25, 0.3) is 10.9 Å². The predicted molar refractivity (Wildman–Crippen MR) is 116 cm³/mol. The standard InChI is InChI=1S/C21H28N6O2S/c1-15(2)19(25-30(3,28)29)21-24-23-18-9-11-26(12-13-27(18)21)14-17-7-4-6-16-8-5-10-22-20(16)17/h4-8,10,15,19,25H,9,11-14H2,1-3H3/t19-/m1/s1. The molecule has 3 aromatic rings. The first kappa shape index (κ1) is 20.9. The summed E-state index contributed by atoms with van der Waals surface area (Å²) in [5.41, 5.74) is 2.26. The second-order valence-corrected chi connectivity index (χ2v) is 10.0. The van der Waals surface area contributed by atoms with Crippen LogP contribution in [0.5, 0.6) is 0 Å². The Hall–Kier alpha value is -2.36. The lowest BCUT2D eigenvalue weighted by Gasteiger charge is -2.23. The molecule has 9 heteroatoms. The highest BCUT2D eigenvalue weighted by Gasteiger charge is 2.28. The van der Waals surface area contributed by atoms with E-state index in [4.69, 9.17) is 0 Å². The topological polar surface area (TPSA) is 93.0 Å². The van der Waals surface area contributed by atoms with Crippen LogP contribution in [0.3, 0.4) is 0 Å². The maximum Gasteiger partial charge on any atom is 0.209 e. The Kier molecular flexibility index (Phi) is 5.86. The van der Waals surface area contributed by atoms with E-state index in [1.165, 1.54) is 11.8 Å². The quantitative estimate of drug-likeness (QED) is 0.647. The van der Waals surface area contributed by atoms with E-state index < -0.39 is 16.1 Å². The fourth-order valence-electron chi connectivity index (χ4n) is 4.03. The van der Waals surface area contributed by atoms with E-state index in [9.17, 15) is 8.42 Å². The third kappa shape index (κ3) is 4.53. The second kappa shape index (κ2) is 8.41. The molecule has 4 rings (SSSR count). The maximum absolute atomic E-state index is 11.9. The Balaban J connectivity index is 1.54. The maximum atomic E-state index is 11.9. The van der Waals surface area contributed by atoms with Gasteiger partial charge in [0.25, 0.3) is 0 Å². The van der Waals surface area contributed by atoms with Crippen LogP contribution in [0.15, 0.2) is 36.5 Å². The number of nitrogens with one attached hydrogen (secondary N) is 1. The molecule has 0 saturated heterocycles. The molecule has 0 bridgehead atoms. The van der Waals surface area contributed by atoms with Gasteiger partial charge in [-0.1, -0.05) is 38.1 Å². The number of aromatic nitrogens is 4. The van der Waals surface area contributed by atoms with Crippen molar-refractivity contribution in [3.05, 3.63) is 53.7 Å². The molecule has 30 heavy (non-hydrogen) atoms. The number of fused-ring (bicyclic) bond motifs is 2. The highest BCUT2D eigenvalue weighted by atomic mass is 32.2. The molecule has 3 heterocycles. The van der Waals surface area contributed by atoms with Crippen molar-refractivity contribution in [2.45, 2.75) is 39.4 Å². The fourth-order valence-corrected chi connectivity index (χ4v) is 4.87. The van der Waals surface area contributed by atoms with Crippen molar-refractivity contribution in [1.29, 1.82) is 0 Å². The van der Waals surface area contributed by atoms with Crippen LogP contribution in [0.1, 0.15) is 37.1 Å². The summed E-state index contributed by atoms with van der Waals surface area (Å²) >= 11 is 0. The molecule has 160 valence electrons. The van der Waals surface area contributed by atoms with Crippen LogP contribution in [-0.4, -0.2) is 52.4 Å². The van der Waals surface area contributed by atoms with Crippen molar-refractivity contribution >= 4 is 20.9 Å². The van der Waals surface area contributed by atoms with Gasteiger partial charge in [0.15, 0.2) is 5.82 Å². The molecule has 0 radical (unpaired) electrons. The number of rotatable bonds is 6. The predicted octanol–water partition coefficient (Wildman–Crippen LogP) is 2.13. The SMILES string of the molecule is CC(C)[C@@H](NS(C)(=O)=O)c1nnc2n1CCN(Cc1cccc3cccnc13)CC2. The zero-order valence-electron chi connectivity index (χ0n) is 17.6. The minimum absolute atomic E-state index is 0.0640. The van der Waals surface area contributed by atoms with Gasteiger partial charge in [0.1, 0.15) is 5.82 Å². The summed E-state index contributed by atoms with van der Waals surface area (Å²) in [6.45, 7) is 7.22. The summed E-state index contributed by atoms with van der Waals surface area (Å²) < 4.78 is 28.5. The van der Waals surface area contributed by atoms with Crippen molar-refractivity contribution in [2.75, 3.05) is 19.3 Å². The van der Waals surface area contributed by atoms with Crippen molar-refractivity contribution in [1.82, 2.24) is 29.4 Å².